The molecule has 1 aromatic carbocycles. The van der Waals surface area contributed by atoms with Gasteiger partial charge < -0.3 is 14.5 Å². The number of carbonyl (C=O) groups excluding carboxylic acids is 2. The summed E-state index contributed by atoms with van der Waals surface area (Å²) < 4.78 is 5.55. The molecule has 0 spiro atoms. The number of benzene rings is 1. The minimum absolute atomic E-state index is 0.000455. The zero-order valence-electron chi connectivity index (χ0n) is 12.8. The number of hydrogen-bond acceptors (Lipinski definition) is 3. The van der Waals surface area contributed by atoms with Crippen molar-refractivity contribution in [1.29, 1.82) is 0 Å². The van der Waals surface area contributed by atoms with Gasteiger partial charge in [-0.25, -0.2) is 0 Å². The molecule has 114 valence electrons. The maximum Gasteiger partial charge on any atom is 0.261 e. The lowest BCUT2D eigenvalue weighted by Gasteiger charge is -2.36. The van der Waals surface area contributed by atoms with E-state index in [0.717, 1.165) is 5.56 Å². The van der Waals surface area contributed by atoms with Gasteiger partial charge in [0.2, 0.25) is 5.91 Å². The summed E-state index contributed by atoms with van der Waals surface area (Å²) in [7, 11) is 0. The minimum Gasteiger partial charge on any atom is -0.484 e. The molecular weight excluding hydrogens is 268 g/mol. The van der Waals surface area contributed by atoms with Gasteiger partial charge in [-0.15, -0.1) is 0 Å². The molecule has 0 unspecified atom stereocenters. The number of nitrogens with zero attached hydrogens (tertiary/aromatic N) is 2. The van der Waals surface area contributed by atoms with E-state index in [1.54, 1.807) is 9.80 Å². The second kappa shape index (κ2) is 6.61. The van der Waals surface area contributed by atoms with Crippen LogP contribution in [0.4, 0.5) is 0 Å². The van der Waals surface area contributed by atoms with Crippen LogP contribution in [-0.2, 0) is 9.59 Å². The molecule has 1 saturated heterocycles. The Morgan fingerprint density at radius 1 is 1.29 bits per heavy atom. The van der Waals surface area contributed by atoms with E-state index in [2.05, 4.69) is 0 Å². The first-order valence-corrected chi connectivity index (χ1v) is 7.24. The topological polar surface area (TPSA) is 49.9 Å². The Bertz CT molecular complexity index is 528. The highest BCUT2D eigenvalue weighted by molar-refractivity contribution is 5.86. The van der Waals surface area contributed by atoms with Gasteiger partial charge in [0.05, 0.1) is 6.54 Å². The number of hydrogen-bond donors (Lipinski definition) is 0. The third-order valence-corrected chi connectivity index (χ3v) is 3.68. The standard InChI is InChI=1S/C16H22N2O3/c1-12(2)18-9-8-17(10-15(18)19)16(20)11-21-14-7-5-4-6-13(14)3/h4-7,12H,8-11H2,1-3H3. The minimum atomic E-state index is -0.144. The molecule has 1 aromatic rings. The van der Waals surface area contributed by atoms with Gasteiger partial charge in [-0.05, 0) is 32.4 Å². The van der Waals surface area contributed by atoms with Crippen molar-refractivity contribution in [2.75, 3.05) is 26.2 Å². The second-order valence-electron chi connectivity index (χ2n) is 5.55. The van der Waals surface area contributed by atoms with Gasteiger partial charge >= 0.3 is 0 Å². The smallest absolute Gasteiger partial charge is 0.261 e. The summed E-state index contributed by atoms with van der Waals surface area (Å²) in [6, 6.07) is 7.75. The van der Waals surface area contributed by atoms with Crippen molar-refractivity contribution in [1.82, 2.24) is 9.80 Å². The summed E-state index contributed by atoms with van der Waals surface area (Å²) in [5.74, 6) is 0.563. The number of aryl methyl sites for hydroxylation is 1. The molecule has 0 radical (unpaired) electrons. The van der Waals surface area contributed by atoms with Crippen LogP contribution in [0.5, 0.6) is 5.75 Å². The van der Waals surface area contributed by atoms with E-state index in [1.807, 2.05) is 45.0 Å². The third kappa shape index (κ3) is 3.74. The van der Waals surface area contributed by atoms with Crippen LogP contribution in [0.15, 0.2) is 24.3 Å². The van der Waals surface area contributed by atoms with Gasteiger partial charge in [-0.1, -0.05) is 18.2 Å². The Hall–Kier alpha value is -2.04. The Morgan fingerprint density at radius 2 is 2.00 bits per heavy atom. The van der Waals surface area contributed by atoms with Crippen molar-refractivity contribution in [2.45, 2.75) is 26.8 Å². The molecule has 1 aliphatic rings. The summed E-state index contributed by atoms with van der Waals surface area (Å²) in [5.41, 5.74) is 0.992. The number of ether oxygens (including phenoxy) is 1. The predicted octanol–water partition coefficient (Wildman–Crippen LogP) is 1.45. The lowest BCUT2D eigenvalue weighted by molar-refractivity contribution is -0.147. The van der Waals surface area contributed by atoms with E-state index in [4.69, 9.17) is 4.74 Å². The summed E-state index contributed by atoms with van der Waals surface area (Å²) >= 11 is 0. The van der Waals surface area contributed by atoms with Crippen LogP contribution in [0, 0.1) is 6.92 Å². The molecule has 1 heterocycles. The first kappa shape index (κ1) is 15.4. The van der Waals surface area contributed by atoms with Crippen LogP contribution in [-0.4, -0.2) is 53.9 Å². The van der Waals surface area contributed by atoms with E-state index in [9.17, 15) is 9.59 Å². The van der Waals surface area contributed by atoms with Crippen LogP contribution < -0.4 is 4.74 Å². The van der Waals surface area contributed by atoms with E-state index >= 15 is 0 Å². The lowest BCUT2D eigenvalue weighted by Crippen LogP contribution is -2.55. The van der Waals surface area contributed by atoms with Crippen LogP contribution in [0.3, 0.4) is 0 Å². The quantitative estimate of drug-likeness (QED) is 0.843. The molecule has 2 rings (SSSR count). The zero-order chi connectivity index (χ0) is 15.4. The molecule has 1 aliphatic heterocycles. The van der Waals surface area contributed by atoms with Crippen molar-refractivity contribution < 1.29 is 14.3 Å². The summed E-state index contributed by atoms with van der Waals surface area (Å²) in [6.07, 6.45) is 0. The normalized spacial score (nSPS) is 15.5. The van der Waals surface area contributed by atoms with Crippen molar-refractivity contribution in [3.05, 3.63) is 29.8 Å². The van der Waals surface area contributed by atoms with Crippen molar-refractivity contribution in [3.63, 3.8) is 0 Å². The maximum atomic E-state index is 12.1. The van der Waals surface area contributed by atoms with Gasteiger partial charge in [0.15, 0.2) is 6.61 Å². The highest BCUT2D eigenvalue weighted by Gasteiger charge is 2.28. The Morgan fingerprint density at radius 3 is 2.62 bits per heavy atom. The highest BCUT2D eigenvalue weighted by atomic mass is 16.5. The van der Waals surface area contributed by atoms with E-state index in [0.29, 0.717) is 18.8 Å². The molecule has 2 amide bonds. The molecule has 1 fully saturated rings. The molecule has 5 heteroatoms. The fourth-order valence-corrected chi connectivity index (χ4v) is 2.39. The molecule has 5 nitrogen and oxygen atoms in total. The van der Waals surface area contributed by atoms with Gasteiger partial charge in [0, 0.05) is 19.1 Å². The Labute approximate surface area is 125 Å². The van der Waals surface area contributed by atoms with Gasteiger partial charge in [-0.2, -0.15) is 0 Å². The molecule has 0 aromatic heterocycles. The lowest BCUT2D eigenvalue weighted by atomic mass is 10.2. The Balaban J connectivity index is 1.88. The SMILES string of the molecule is Cc1ccccc1OCC(=O)N1CCN(C(C)C)C(=O)C1. The average Bonchev–Trinajstić information content (AvgIpc) is 2.45. The van der Waals surface area contributed by atoms with E-state index in [1.165, 1.54) is 0 Å². The summed E-state index contributed by atoms with van der Waals surface area (Å²) in [4.78, 5) is 27.5. The largest absolute Gasteiger partial charge is 0.484 e. The summed E-state index contributed by atoms with van der Waals surface area (Å²) in [5, 5.41) is 0. The second-order valence-corrected chi connectivity index (χ2v) is 5.55. The van der Waals surface area contributed by atoms with E-state index in [-0.39, 0.29) is 31.0 Å². The molecule has 21 heavy (non-hydrogen) atoms. The molecule has 0 N–H and O–H groups in total. The van der Waals surface area contributed by atoms with Crippen LogP contribution in [0.2, 0.25) is 0 Å². The molecule has 0 bridgehead atoms. The molecular formula is C16H22N2O3. The van der Waals surface area contributed by atoms with Gasteiger partial charge in [0.25, 0.3) is 5.91 Å². The number of carbonyl (C=O) groups is 2. The highest BCUT2D eigenvalue weighted by Crippen LogP contribution is 2.16. The van der Waals surface area contributed by atoms with Crippen molar-refractivity contribution in [2.24, 2.45) is 0 Å². The predicted molar refractivity (Wildman–Crippen MR) is 80.1 cm³/mol. The van der Waals surface area contributed by atoms with Crippen LogP contribution in [0.1, 0.15) is 19.4 Å². The zero-order valence-corrected chi connectivity index (χ0v) is 12.8. The van der Waals surface area contributed by atoms with Crippen LogP contribution in [0.25, 0.3) is 0 Å². The van der Waals surface area contributed by atoms with Gasteiger partial charge in [0.1, 0.15) is 5.75 Å². The van der Waals surface area contributed by atoms with E-state index < -0.39 is 0 Å². The van der Waals surface area contributed by atoms with Crippen LogP contribution >= 0.6 is 0 Å². The number of amides is 2. The van der Waals surface area contributed by atoms with Gasteiger partial charge in [-0.3, -0.25) is 9.59 Å². The maximum absolute atomic E-state index is 12.1. The number of rotatable bonds is 4. The molecule has 0 aliphatic carbocycles. The fourth-order valence-electron chi connectivity index (χ4n) is 2.39. The Kier molecular flexibility index (Phi) is 4.83. The first-order chi connectivity index (χ1) is 9.99. The fraction of sp³-hybridized carbons (Fsp3) is 0.500. The molecule has 0 atom stereocenters. The summed E-state index contributed by atoms with van der Waals surface area (Å²) in [6.45, 7) is 7.18. The number of para-hydroxylation sites is 1. The monoisotopic (exact) mass is 290 g/mol. The molecule has 0 saturated carbocycles. The number of piperazine rings is 1. The average molecular weight is 290 g/mol. The van der Waals surface area contributed by atoms with Crippen molar-refractivity contribution in [3.8, 4) is 5.75 Å². The van der Waals surface area contributed by atoms with Crippen molar-refractivity contribution >= 4 is 11.8 Å². The first-order valence-electron chi connectivity index (χ1n) is 7.24. The third-order valence-electron chi connectivity index (χ3n) is 3.68.